The van der Waals surface area contributed by atoms with Gasteiger partial charge in [-0.3, -0.25) is 14.0 Å². The number of carbonyl (C=O) groups is 1. The molecule has 0 saturated carbocycles. The summed E-state index contributed by atoms with van der Waals surface area (Å²) >= 11 is 5.85. The zero-order valence-corrected chi connectivity index (χ0v) is 18.9. The Bertz CT molecular complexity index is 1370. The number of amides is 1. The first kappa shape index (κ1) is 22.4. The molecule has 0 bridgehead atoms. The second-order valence-corrected chi connectivity index (χ2v) is 7.97. The van der Waals surface area contributed by atoms with Crippen molar-refractivity contribution in [3.63, 3.8) is 0 Å². The molecule has 1 amide bonds. The molecule has 0 spiro atoms. The fourth-order valence-electron chi connectivity index (χ4n) is 3.24. The highest BCUT2D eigenvalue weighted by Gasteiger charge is 2.09. The van der Waals surface area contributed by atoms with E-state index in [1.54, 1.807) is 42.6 Å². The van der Waals surface area contributed by atoms with Crippen LogP contribution in [0.4, 0.5) is 5.69 Å². The van der Waals surface area contributed by atoms with Crippen molar-refractivity contribution in [2.75, 3.05) is 11.9 Å². The van der Waals surface area contributed by atoms with E-state index in [1.165, 1.54) is 10.5 Å². The number of ether oxygens (including phenoxy) is 2. The predicted octanol–water partition coefficient (Wildman–Crippen LogP) is 4.56. The minimum absolute atomic E-state index is 0.123. The molecular formula is C25H22ClN3O4. The van der Waals surface area contributed by atoms with E-state index in [0.717, 1.165) is 11.1 Å². The van der Waals surface area contributed by atoms with Crippen LogP contribution in [0.3, 0.4) is 0 Å². The lowest BCUT2D eigenvalue weighted by atomic mass is 10.2. The number of aryl methyl sites for hydroxylation is 2. The molecule has 0 aliphatic carbocycles. The number of benzene rings is 2. The second kappa shape index (κ2) is 9.75. The van der Waals surface area contributed by atoms with Gasteiger partial charge in [-0.15, -0.1) is 0 Å². The Balaban J connectivity index is 1.41. The van der Waals surface area contributed by atoms with Gasteiger partial charge >= 0.3 is 0 Å². The summed E-state index contributed by atoms with van der Waals surface area (Å²) in [7, 11) is 0. The van der Waals surface area contributed by atoms with Crippen LogP contribution in [-0.2, 0) is 11.4 Å². The highest BCUT2D eigenvalue weighted by Crippen LogP contribution is 2.24. The number of nitrogens with zero attached hydrogens (tertiary/aromatic N) is 2. The van der Waals surface area contributed by atoms with Crippen molar-refractivity contribution in [2.24, 2.45) is 0 Å². The number of pyridine rings is 1. The van der Waals surface area contributed by atoms with E-state index in [4.69, 9.17) is 21.1 Å². The Morgan fingerprint density at radius 3 is 2.61 bits per heavy atom. The quantitative estimate of drug-likeness (QED) is 0.434. The van der Waals surface area contributed by atoms with Crippen molar-refractivity contribution in [3.05, 3.63) is 99.1 Å². The van der Waals surface area contributed by atoms with Crippen LogP contribution in [0.5, 0.6) is 11.5 Å². The highest BCUT2D eigenvalue weighted by atomic mass is 35.5. The Kier molecular flexibility index (Phi) is 6.60. The van der Waals surface area contributed by atoms with Crippen LogP contribution in [-0.4, -0.2) is 21.9 Å². The van der Waals surface area contributed by atoms with E-state index in [2.05, 4.69) is 10.3 Å². The van der Waals surface area contributed by atoms with Crippen molar-refractivity contribution >= 4 is 28.8 Å². The average Bonchev–Trinajstić information content (AvgIpc) is 2.80. The number of carbonyl (C=O) groups excluding carboxylic acids is 1. The van der Waals surface area contributed by atoms with Gasteiger partial charge in [0.2, 0.25) is 0 Å². The number of anilines is 1. The minimum Gasteiger partial charge on any atom is -0.487 e. The van der Waals surface area contributed by atoms with Crippen LogP contribution in [0.25, 0.3) is 5.65 Å². The van der Waals surface area contributed by atoms with Crippen molar-refractivity contribution in [2.45, 2.75) is 20.5 Å². The van der Waals surface area contributed by atoms with Gasteiger partial charge in [-0.2, -0.15) is 0 Å². The van der Waals surface area contributed by atoms with Crippen molar-refractivity contribution in [1.29, 1.82) is 0 Å². The van der Waals surface area contributed by atoms with Gasteiger partial charge in [0.05, 0.1) is 5.69 Å². The summed E-state index contributed by atoms with van der Waals surface area (Å²) in [6.07, 6.45) is 1.69. The molecule has 2 heterocycles. The molecule has 0 unspecified atom stereocenters. The summed E-state index contributed by atoms with van der Waals surface area (Å²) in [6.45, 7) is 3.78. The van der Waals surface area contributed by atoms with E-state index in [0.29, 0.717) is 33.6 Å². The zero-order valence-electron chi connectivity index (χ0n) is 18.2. The lowest BCUT2D eigenvalue weighted by molar-refractivity contribution is -0.118. The summed E-state index contributed by atoms with van der Waals surface area (Å²) in [5.74, 6) is 0.828. The normalized spacial score (nSPS) is 10.8. The number of rotatable bonds is 7. The third-order valence-corrected chi connectivity index (χ3v) is 5.22. The smallest absolute Gasteiger partial charge is 0.262 e. The van der Waals surface area contributed by atoms with Crippen LogP contribution >= 0.6 is 11.6 Å². The van der Waals surface area contributed by atoms with Gasteiger partial charge in [-0.05, 0) is 61.4 Å². The lowest BCUT2D eigenvalue weighted by Crippen LogP contribution is -2.20. The van der Waals surface area contributed by atoms with E-state index in [-0.39, 0.29) is 24.7 Å². The molecule has 168 valence electrons. The van der Waals surface area contributed by atoms with E-state index < -0.39 is 0 Å². The summed E-state index contributed by atoms with van der Waals surface area (Å²) in [5, 5.41) is 3.39. The molecule has 7 nitrogen and oxygen atoms in total. The molecular weight excluding hydrogens is 442 g/mol. The maximum absolute atomic E-state index is 12.4. The maximum Gasteiger partial charge on any atom is 0.262 e. The van der Waals surface area contributed by atoms with Crippen LogP contribution in [0.15, 0.2) is 71.7 Å². The van der Waals surface area contributed by atoms with Crippen molar-refractivity contribution < 1.29 is 14.3 Å². The van der Waals surface area contributed by atoms with Crippen LogP contribution in [0, 0.1) is 13.8 Å². The molecule has 2 aromatic heterocycles. The zero-order chi connectivity index (χ0) is 23.4. The van der Waals surface area contributed by atoms with Gasteiger partial charge in [0, 0.05) is 29.0 Å². The Hall–Kier alpha value is -3.84. The number of aromatic nitrogens is 2. The lowest BCUT2D eigenvalue weighted by Gasteiger charge is -2.13. The summed E-state index contributed by atoms with van der Waals surface area (Å²) in [5.41, 5.74) is 3.32. The van der Waals surface area contributed by atoms with Gasteiger partial charge in [0.25, 0.3) is 11.5 Å². The molecule has 0 aliphatic rings. The van der Waals surface area contributed by atoms with Gasteiger partial charge in [0.1, 0.15) is 23.8 Å². The maximum atomic E-state index is 12.4. The molecule has 0 radical (unpaired) electrons. The first-order chi connectivity index (χ1) is 15.9. The van der Waals surface area contributed by atoms with Gasteiger partial charge in [-0.25, -0.2) is 4.98 Å². The SMILES string of the molecule is Cc1ccc(NC(=O)COc2ccc(Cl)cc2)cc1OCc1cc(=O)n2cccc(C)c2n1. The van der Waals surface area contributed by atoms with Crippen molar-refractivity contribution in [1.82, 2.24) is 9.38 Å². The number of hydrogen-bond acceptors (Lipinski definition) is 5. The largest absolute Gasteiger partial charge is 0.487 e. The molecule has 4 rings (SSSR count). The second-order valence-electron chi connectivity index (χ2n) is 7.53. The number of nitrogens with one attached hydrogen (secondary N) is 1. The molecule has 0 aliphatic heterocycles. The molecule has 0 atom stereocenters. The monoisotopic (exact) mass is 463 g/mol. The Morgan fingerprint density at radius 2 is 1.82 bits per heavy atom. The average molecular weight is 464 g/mol. The molecule has 33 heavy (non-hydrogen) atoms. The third kappa shape index (κ3) is 5.51. The molecule has 4 aromatic rings. The summed E-state index contributed by atoms with van der Waals surface area (Å²) in [4.78, 5) is 29.2. The third-order valence-electron chi connectivity index (χ3n) is 4.97. The van der Waals surface area contributed by atoms with Gasteiger partial charge in [-0.1, -0.05) is 23.7 Å². The molecule has 1 N–H and O–H groups in total. The van der Waals surface area contributed by atoms with Crippen LogP contribution in [0.2, 0.25) is 5.02 Å². The molecule has 8 heteroatoms. The van der Waals surface area contributed by atoms with Crippen LogP contribution in [0.1, 0.15) is 16.8 Å². The van der Waals surface area contributed by atoms with Crippen molar-refractivity contribution in [3.8, 4) is 11.5 Å². The molecule has 0 saturated heterocycles. The predicted molar refractivity (Wildman–Crippen MR) is 127 cm³/mol. The fraction of sp³-hybridized carbons (Fsp3) is 0.160. The first-order valence-corrected chi connectivity index (χ1v) is 10.7. The van der Waals surface area contributed by atoms with E-state index in [9.17, 15) is 9.59 Å². The summed E-state index contributed by atoms with van der Waals surface area (Å²) < 4.78 is 12.9. The Labute approximate surface area is 195 Å². The minimum atomic E-state index is -0.306. The van der Waals surface area contributed by atoms with E-state index >= 15 is 0 Å². The van der Waals surface area contributed by atoms with Gasteiger partial charge in [0.15, 0.2) is 6.61 Å². The van der Waals surface area contributed by atoms with Crippen LogP contribution < -0.4 is 20.3 Å². The summed E-state index contributed by atoms with van der Waals surface area (Å²) in [6, 6.07) is 17.3. The Morgan fingerprint density at radius 1 is 1.03 bits per heavy atom. The number of fused-ring (bicyclic) bond motifs is 1. The topological polar surface area (TPSA) is 81.9 Å². The van der Waals surface area contributed by atoms with Gasteiger partial charge < -0.3 is 14.8 Å². The molecule has 0 fully saturated rings. The van der Waals surface area contributed by atoms with E-state index in [1.807, 2.05) is 32.0 Å². The first-order valence-electron chi connectivity index (χ1n) is 10.3. The highest BCUT2D eigenvalue weighted by molar-refractivity contribution is 6.30. The molecule has 2 aromatic carbocycles. The standard InChI is InChI=1S/C25H22ClN3O4/c1-16-5-8-19(27-23(30)15-32-21-9-6-18(26)7-10-21)12-22(16)33-14-20-13-24(31)29-11-3-4-17(2)25(29)28-20/h3-13H,14-15H2,1-2H3,(H,27,30). The number of hydrogen-bond donors (Lipinski definition) is 1. The number of halogens is 1. The fourth-order valence-corrected chi connectivity index (χ4v) is 3.37.